The van der Waals surface area contributed by atoms with Crippen molar-refractivity contribution in [2.75, 3.05) is 14.2 Å². The highest BCUT2D eigenvalue weighted by Gasteiger charge is 2.15. The Hall–Kier alpha value is -3.09. The summed E-state index contributed by atoms with van der Waals surface area (Å²) in [6, 6.07) is 11.1. The van der Waals surface area contributed by atoms with Crippen molar-refractivity contribution in [3.05, 3.63) is 42.0 Å². The third kappa shape index (κ3) is 4.47. The minimum Gasteiger partial charge on any atom is -0.497 e. The minimum atomic E-state index is -0.348. The van der Waals surface area contributed by atoms with Gasteiger partial charge in [-0.2, -0.15) is 0 Å². The maximum Gasteiger partial charge on any atom is 0.305 e. The van der Waals surface area contributed by atoms with Gasteiger partial charge in [0.2, 0.25) is 0 Å². The maximum absolute atomic E-state index is 11.2. The quantitative estimate of drug-likeness (QED) is 0.348. The molecule has 0 radical (unpaired) electrons. The molecule has 7 nitrogen and oxygen atoms in total. The van der Waals surface area contributed by atoms with E-state index in [0.29, 0.717) is 12.0 Å². The molecule has 0 bridgehead atoms. The summed E-state index contributed by atoms with van der Waals surface area (Å²) in [6.45, 7) is 0. The number of oxime groups is 2. The number of esters is 1. The predicted octanol–water partition coefficient (Wildman–Crippen LogP) is 3.20. The van der Waals surface area contributed by atoms with E-state index in [9.17, 15) is 15.2 Å². The Kier molecular flexibility index (Phi) is 6.33. The standard InChI is InChI=1S/C18H20N2O5/c1-24-15-9-8-12-10-14(7-6-13(12)11-15)18(20-23)16(19-22)4-3-5-17(21)25-2/h6-11,22-23H,3-5H2,1-2H3. The Balaban J connectivity index is 2.23. The average Bonchev–Trinajstić information content (AvgIpc) is 2.66. The number of hydrogen-bond donors (Lipinski definition) is 2. The fourth-order valence-electron chi connectivity index (χ4n) is 2.50. The normalized spacial score (nSPS) is 12.2. The summed E-state index contributed by atoms with van der Waals surface area (Å²) in [5, 5.41) is 27.0. The van der Waals surface area contributed by atoms with Gasteiger partial charge in [-0.05, 0) is 41.8 Å². The summed E-state index contributed by atoms with van der Waals surface area (Å²) in [7, 11) is 2.92. The maximum atomic E-state index is 11.2. The van der Waals surface area contributed by atoms with Gasteiger partial charge in [-0.1, -0.05) is 28.5 Å². The van der Waals surface area contributed by atoms with E-state index in [2.05, 4.69) is 15.0 Å². The van der Waals surface area contributed by atoms with Gasteiger partial charge in [-0.3, -0.25) is 4.79 Å². The molecule has 0 aliphatic carbocycles. The summed E-state index contributed by atoms with van der Waals surface area (Å²) < 4.78 is 9.77. The number of rotatable bonds is 7. The van der Waals surface area contributed by atoms with Crippen molar-refractivity contribution in [3.63, 3.8) is 0 Å². The zero-order chi connectivity index (χ0) is 18.2. The second-order valence-corrected chi connectivity index (χ2v) is 5.35. The lowest BCUT2D eigenvalue weighted by Crippen LogP contribution is -2.16. The molecule has 2 aromatic rings. The van der Waals surface area contributed by atoms with Crippen LogP contribution in [-0.4, -0.2) is 42.0 Å². The zero-order valence-corrected chi connectivity index (χ0v) is 14.1. The van der Waals surface area contributed by atoms with E-state index in [4.69, 9.17) is 4.74 Å². The summed E-state index contributed by atoms with van der Waals surface area (Å²) in [4.78, 5) is 11.2. The molecule has 2 N–H and O–H groups in total. The predicted molar refractivity (Wildman–Crippen MR) is 93.9 cm³/mol. The van der Waals surface area contributed by atoms with Crippen molar-refractivity contribution in [1.82, 2.24) is 0 Å². The Morgan fingerprint density at radius 1 is 1.00 bits per heavy atom. The molecule has 0 heterocycles. The molecule has 0 saturated heterocycles. The topological polar surface area (TPSA) is 101 Å². The van der Waals surface area contributed by atoms with Crippen molar-refractivity contribution >= 4 is 28.2 Å². The summed E-state index contributed by atoms with van der Waals surface area (Å²) in [5.41, 5.74) is 0.954. The highest BCUT2D eigenvalue weighted by Crippen LogP contribution is 2.22. The molecule has 7 heteroatoms. The first kappa shape index (κ1) is 18.3. The van der Waals surface area contributed by atoms with Gasteiger partial charge in [0.05, 0.1) is 14.2 Å². The highest BCUT2D eigenvalue weighted by molar-refractivity contribution is 6.48. The molecule has 132 valence electrons. The van der Waals surface area contributed by atoms with Crippen LogP contribution in [0.25, 0.3) is 10.8 Å². The molecule has 2 rings (SSSR count). The second-order valence-electron chi connectivity index (χ2n) is 5.35. The highest BCUT2D eigenvalue weighted by atomic mass is 16.5. The van der Waals surface area contributed by atoms with Crippen molar-refractivity contribution < 1.29 is 24.7 Å². The smallest absolute Gasteiger partial charge is 0.305 e. The number of fused-ring (bicyclic) bond motifs is 1. The summed E-state index contributed by atoms with van der Waals surface area (Å²) >= 11 is 0. The molecular weight excluding hydrogens is 324 g/mol. The molecule has 0 atom stereocenters. The molecule has 0 aliphatic rings. The minimum absolute atomic E-state index is 0.157. The largest absolute Gasteiger partial charge is 0.497 e. The number of hydrogen-bond acceptors (Lipinski definition) is 7. The fraction of sp³-hybridized carbons (Fsp3) is 0.278. The van der Waals surface area contributed by atoms with Crippen LogP contribution in [0.3, 0.4) is 0 Å². The van der Waals surface area contributed by atoms with Gasteiger partial charge in [0.1, 0.15) is 17.2 Å². The van der Waals surface area contributed by atoms with E-state index in [-0.39, 0.29) is 30.2 Å². The van der Waals surface area contributed by atoms with Gasteiger partial charge in [-0.25, -0.2) is 0 Å². The van der Waals surface area contributed by atoms with Crippen LogP contribution in [0, 0.1) is 0 Å². The molecule has 0 unspecified atom stereocenters. The molecular formula is C18H20N2O5. The SMILES string of the molecule is COC(=O)CCCC(=NO)C(=NO)c1ccc2cc(OC)ccc2c1. The van der Waals surface area contributed by atoms with Crippen molar-refractivity contribution in [1.29, 1.82) is 0 Å². The number of benzene rings is 2. The van der Waals surface area contributed by atoms with Gasteiger partial charge in [0, 0.05) is 12.0 Å². The molecule has 0 aromatic heterocycles. The number of nitrogens with zero attached hydrogens (tertiary/aromatic N) is 2. The number of carbonyl (C=O) groups excluding carboxylic acids is 1. The number of methoxy groups -OCH3 is 2. The van der Waals surface area contributed by atoms with Crippen LogP contribution in [0.15, 0.2) is 46.7 Å². The first-order valence-electron chi connectivity index (χ1n) is 7.71. The van der Waals surface area contributed by atoms with Crippen LogP contribution in [-0.2, 0) is 9.53 Å². The summed E-state index contributed by atoms with van der Waals surface area (Å²) in [5.74, 6) is 0.399. The monoisotopic (exact) mass is 344 g/mol. The molecule has 0 spiro atoms. The first-order chi connectivity index (χ1) is 12.1. The fourth-order valence-corrected chi connectivity index (χ4v) is 2.50. The Labute approximate surface area is 145 Å². The van der Waals surface area contributed by atoms with Gasteiger partial charge in [-0.15, -0.1) is 0 Å². The van der Waals surface area contributed by atoms with E-state index in [1.54, 1.807) is 13.2 Å². The van der Waals surface area contributed by atoms with Crippen LogP contribution in [0.5, 0.6) is 5.75 Å². The Morgan fingerprint density at radius 3 is 2.36 bits per heavy atom. The molecule has 0 aliphatic heterocycles. The van der Waals surface area contributed by atoms with Crippen LogP contribution in [0.4, 0.5) is 0 Å². The molecule has 0 amide bonds. The van der Waals surface area contributed by atoms with Gasteiger partial charge in [0.15, 0.2) is 0 Å². The van der Waals surface area contributed by atoms with Gasteiger partial charge < -0.3 is 19.9 Å². The zero-order valence-electron chi connectivity index (χ0n) is 14.1. The number of carbonyl (C=O) groups is 1. The van der Waals surface area contributed by atoms with Crippen LogP contribution < -0.4 is 4.74 Å². The average molecular weight is 344 g/mol. The van der Waals surface area contributed by atoms with Gasteiger partial charge >= 0.3 is 5.97 Å². The Bertz CT molecular complexity index is 814. The third-order valence-corrected chi connectivity index (χ3v) is 3.84. The van der Waals surface area contributed by atoms with E-state index in [0.717, 1.165) is 16.5 Å². The lowest BCUT2D eigenvalue weighted by atomic mass is 9.98. The number of ether oxygens (including phenoxy) is 2. The van der Waals surface area contributed by atoms with E-state index in [1.165, 1.54) is 7.11 Å². The van der Waals surface area contributed by atoms with Crippen molar-refractivity contribution in [3.8, 4) is 5.75 Å². The third-order valence-electron chi connectivity index (χ3n) is 3.84. The Morgan fingerprint density at radius 2 is 1.72 bits per heavy atom. The van der Waals surface area contributed by atoms with Gasteiger partial charge in [0.25, 0.3) is 0 Å². The van der Waals surface area contributed by atoms with Crippen LogP contribution in [0.2, 0.25) is 0 Å². The second kappa shape index (κ2) is 8.68. The first-order valence-corrected chi connectivity index (χ1v) is 7.71. The van der Waals surface area contributed by atoms with E-state index in [1.807, 2.05) is 30.3 Å². The molecule has 0 fully saturated rings. The van der Waals surface area contributed by atoms with Crippen LogP contribution >= 0.6 is 0 Å². The van der Waals surface area contributed by atoms with E-state index < -0.39 is 0 Å². The van der Waals surface area contributed by atoms with Crippen LogP contribution in [0.1, 0.15) is 24.8 Å². The lowest BCUT2D eigenvalue weighted by Gasteiger charge is -2.09. The molecule has 0 saturated carbocycles. The van der Waals surface area contributed by atoms with Crippen molar-refractivity contribution in [2.45, 2.75) is 19.3 Å². The van der Waals surface area contributed by atoms with E-state index >= 15 is 0 Å². The molecule has 2 aromatic carbocycles. The molecule has 25 heavy (non-hydrogen) atoms. The van der Waals surface area contributed by atoms with Crippen molar-refractivity contribution in [2.24, 2.45) is 10.3 Å². The summed E-state index contributed by atoms with van der Waals surface area (Å²) in [6.07, 6.45) is 0.868. The lowest BCUT2D eigenvalue weighted by molar-refractivity contribution is -0.140.